The molecule has 0 spiro atoms. The molecule has 0 radical (unpaired) electrons. The zero-order valence-corrected chi connectivity index (χ0v) is 19.9. The van der Waals surface area contributed by atoms with E-state index in [1.54, 1.807) is 13.0 Å². The van der Waals surface area contributed by atoms with Gasteiger partial charge in [0.25, 0.3) is 5.91 Å². The van der Waals surface area contributed by atoms with Gasteiger partial charge in [-0.1, -0.05) is 67.6 Å². The molecule has 1 aliphatic carbocycles. The average molecular weight is 478 g/mol. The largest absolute Gasteiger partial charge is 0.481 e. The highest BCUT2D eigenvalue weighted by molar-refractivity contribution is 7.90. The smallest absolute Gasteiger partial charge is 0.306 e. The normalized spacial score (nSPS) is 20.4. The first kappa shape index (κ1) is 23.7. The zero-order valence-electron chi connectivity index (χ0n) is 19.1. The predicted octanol–water partition coefficient (Wildman–Crippen LogP) is 4.52. The maximum Gasteiger partial charge on any atom is 0.306 e. The number of carbonyl (C=O) groups excluding carboxylic acids is 1. The highest BCUT2D eigenvalue weighted by atomic mass is 32.2. The van der Waals surface area contributed by atoms with Crippen molar-refractivity contribution in [3.05, 3.63) is 90.0 Å². The van der Waals surface area contributed by atoms with Crippen LogP contribution in [0.2, 0.25) is 0 Å². The first-order valence-electron chi connectivity index (χ1n) is 11.1. The highest BCUT2D eigenvalue weighted by Crippen LogP contribution is 2.55. The molecule has 4 rings (SSSR count). The topological polar surface area (TPSA) is 101 Å². The van der Waals surface area contributed by atoms with Crippen molar-refractivity contribution in [2.24, 2.45) is 5.92 Å². The Bertz CT molecular complexity index is 1320. The van der Waals surface area contributed by atoms with E-state index in [0.717, 1.165) is 22.9 Å². The van der Waals surface area contributed by atoms with Crippen LogP contribution >= 0.6 is 0 Å². The van der Waals surface area contributed by atoms with Crippen molar-refractivity contribution >= 4 is 21.7 Å². The number of hydrogen-bond donors (Lipinski definition) is 2. The number of benzene rings is 3. The van der Waals surface area contributed by atoms with Gasteiger partial charge in [0, 0.05) is 23.3 Å². The summed E-state index contributed by atoms with van der Waals surface area (Å²) in [6.07, 6.45) is 1.99. The first-order chi connectivity index (χ1) is 16.1. The fraction of sp³-hybridized carbons (Fsp3) is 0.259. The second kappa shape index (κ2) is 9.06. The standard InChI is InChI=1S/C27H27NO5S/c1-18(26(30)31)16-27(28-25(29)22-9-6-10-23(15-22)34(2,32)33)17-24(27)21-13-11-20(12-14-21)19-7-4-3-5-8-19/h3-15,18,24H,16-17H2,1-2H3,(H,28,29)(H,30,31)/t18-,24+,27?/m1/s1. The molecule has 7 heteroatoms. The van der Waals surface area contributed by atoms with E-state index in [0.29, 0.717) is 6.42 Å². The van der Waals surface area contributed by atoms with Crippen LogP contribution in [-0.2, 0) is 14.6 Å². The number of hydrogen-bond acceptors (Lipinski definition) is 4. The number of carboxylic acid groups (broad SMARTS) is 1. The summed E-state index contributed by atoms with van der Waals surface area (Å²) in [4.78, 5) is 24.7. The molecular formula is C27H27NO5S. The molecule has 0 aromatic heterocycles. The fourth-order valence-corrected chi connectivity index (χ4v) is 5.16. The Labute approximate surface area is 199 Å². The molecule has 176 valence electrons. The van der Waals surface area contributed by atoms with E-state index >= 15 is 0 Å². The third-order valence-corrected chi connectivity index (χ3v) is 7.58. The molecule has 0 saturated heterocycles. The molecule has 6 nitrogen and oxygen atoms in total. The Kier molecular flexibility index (Phi) is 6.32. The zero-order chi connectivity index (χ0) is 24.5. The second-order valence-electron chi connectivity index (χ2n) is 9.10. The molecule has 3 aromatic rings. The lowest BCUT2D eigenvalue weighted by Crippen LogP contribution is -2.40. The second-order valence-corrected chi connectivity index (χ2v) is 11.1. The molecule has 1 fully saturated rings. The number of rotatable bonds is 8. The molecule has 0 aliphatic heterocycles. The van der Waals surface area contributed by atoms with Gasteiger partial charge < -0.3 is 10.4 Å². The van der Waals surface area contributed by atoms with Gasteiger partial charge in [-0.05, 0) is 47.7 Å². The fourth-order valence-electron chi connectivity index (χ4n) is 4.50. The lowest BCUT2D eigenvalue weighted by atomic mass is 9.94. The third-order valence-electron chi connectivity index (χ3n) is 6.47. The van der Waals surface area contributed by atoms with Crippen LogP contribution in [0.1, 0.15) is 41.6 Å². The van der Waals surface area contributed by atoms with Crippen molar-refractivity contribution < 1.29 is 23.1 Å². The van der Waals surface area contributed by atoms with Crippen LogP contribution in [0.3, 0.4) is 0 Å². The molecule has 0 heterocycles. The van der Waals surface area contributed by atoms with Crippen molar-refractivity contribution in [1.82, 2.24) is 5.32 Å². The summed E-state index contributed by atoms with van der Waals surface area (Å²) in [6.45, 7) is 1.63. The monoisotopic (exact) mass is 477 g/mol. The maximum atomic E-state index is 13.1. The number of amides is 1. The molecule has 1 saturated carbocycles. The Morgan fingerprint density at radius 1 is 1.00 bits per heavy atom. The van der Waals surface area contributed by atoms with Crippen molar-refractivity contribution in [3.8, 4) is 11.1 Å². The number of carbonyl (C=O) groups is 2. The van der Waals surface area contributed by atoms with Gasteiger partial charge in [-0.3, -0.25) is 9.59 Å². The van der Waals surface area contributed by atoms with Crippen molar-refractivity contribution in [1.29, 1.82) is 0 Å². The summed E-state index contributed by atoms with van der Waals surface area (Å²) in [5, 5.41) is 12.5. The van der Waals surface area contributed by atoms with Gasteiger partial charge in [0.1, 0.15) is 0 Å². The van der Waals surface area contributed by atoms with Gasteiger partial charge in [0.2, 0.25) is 0 Å². The van der Waals surface area contributed by atoms with Gasteiger partial charge in [0.05, 0.1) is 10.8 Å². The van der Waals surface area contributed by atoms with Crippen molar-refractivity contribution in [3.63, 3.8) is 0 Å². The van der Waals surface area contributed by atoms with E-state index in [1.165, 1.54) is 18.2 Å². The molecular weight excluding hydrogens is 450 g/mol. The summed E-state index contributed by atoms with van der Waals surface area (Å²) in [7, 11) is -3.46. The Morgan fingerprint density at radius 3 is 2.26 bits per heavy atom. The van der Waals surface area contributed by atoms with Crippen molar-refractivity contribution in [2.45, 2.75) is 36.1 Å². The average Bonchev–Trinajstić information content (AvgIpc) is 3.52. The highest BCUT2D eigenvalue weighted by Gasteiger charge is 2.56. The van der Waals surface area contributed by atoms with E-state index < -0.39 is 33.2 Å². The lowest BCUT2D eigenvalue weighted by Gasteiger charge is -2.22. The quantitative estimate of drug-likeness (QED) is 0.497. The Balaban J connectivity index is 1.59. The van der Waals surface area contributed by atoms with Crippen LogP contribution in [0.25, 0.3) is 11.1 Å². The van der Waals surface area contributed by atoms with Gasteiger partial charge >= 0.3 is 5.97 Å². The number of nitrogens with one attached hydrogen (secondary N) is 1. The van der Waals surface area contributed by atoms with Gasteiger partial charge in [-0.15, -0.1) is 0 Å². The number of carboxylic acids is 1. The Morgan fingerprint density at radius 2 is 1.65 bits per heavy atom. The molecule has 1 amide bonds. The van der Waals surface area contributed by atoms with Crippen molar-refractivity contribution in [2.75, 3.05) is 6.26 Å². The lowest BCUT2D eigenvalue weighted by molar-refractivity contribution is -0.141. The number of sulfone groups is 1. The van der Waals surface area contributed by atoms with E-state index in [2.05, 4.69) is 5.32 Å². The van der Waals surface area contributed by atoms with E-state index in [1.807, 2.05) is 54.6 Å². The van der Waals surface area contributed by atoms with Crippen LogP contribution < -0.4 is 5.32 Å². The maximum absolute atomic E-state index is 13.1. The SMILES string of the molecule is C[C@H](CC1(NC(=O)c2cccc(S(C)(=O)=O)c2)C[C@H]1c1ccc(-c2ccccc2)cc1)C(=O)O. The van der Waals surface area contributed by atoms with Crippen LogP contribution in [-0.4, -0.2) is 37.2 Å². The van der Waals surface area contributed by atoms with Gasteiger partial charge in [-0.25, -0.2) is 8.42 Å². The van der Waals surface area contributed by atoms with Crippen LogP contribution in [0.5, 0.6) is 0 Å². The molecule has 3 atom stereocenters. The predicted molar refractivity (Wildman–Crippen MR) is 130 cm³/mol. The molecule has 2 N–H and O–H groups in total. The van der Waals surface area contributed by atoms with Crippen LogP contribution in [0, 0.1) is 5.92 Å². The van der Waals surface area contributed by atoms with Gasteiger partial charge in [-0.2, -0.15) is 0 Å². The summed E-state index contributed by atoms with van der Waals surface area (Å²) in [5.74, 6) is -2.00. The molecule has 0 bridgehead atoms. The number of aliphatic carboxylic acids is 1. The van der Waals surface area contributed by atoms with Crippen LogP contribution in [0.4, 0.5) is 0 Å². The van der Waals surface area contributed by atoms with Gasteiger partial charge in [0.15, 0.2) is 9.84 Å². The van der Waals surface area contributed by atoms with E-state index in [4.69, 9.17) is 0 Å². The molecule has 34 heavy (non-hydrogen) atoms. The summed E-state index contributed by atoms with van der Waals surface area (Å²) >= 11 is 0. The minimum atomic E-state index is -3.46. The molecule has 1 unspecified atom stereocenters. The minimum absolute atomic E-state index is 0.0267. The minimum Gasteiger partial charge on any atom is -0.481 e. The van der Waals surface area contributed by atoms with Crippen LogP contribution in [0.15, 0.2) is 83.8 Å². The summed E-state index contributed by atoms with van der Waals surface area (Å²) in [5.41, 5.74) is 2.74. The summed E-state index contributed by atoms with van der Waals surface area (Å²) < 4.78 is 23.8. The van der Waals surface area contributed by atoms with E-state index in [9.17, 15) is 23.1 Å². The Hall–Kier alpha value is -3.45. The third kappa shape index (κ3) is 5.04. The molecule has 3 aromatic carbocycles. The summed E-state index contributed by atoms with van der Waals surface area (Å²) in [6, 6.07) is 24.0. The first-order valence-corrected chi connectivity index (χ1v) is 13.0. The van der Waals surface area contributed by atoms with E-state index in [-0.39, 0.29) is 22.8 Å². The molecule has 1 aliphatic rings.